The highest BCUT2D eigenvalue weighted by atomic mass is 16.8. The van der Waals surface area contributed by atoms with Crippen LogP contribution >= 0.6 is 0 Å². The minimum atomic E-state index is -0.865. The van der Waals surface area contributed by atoms with Gasteiger partial charge in [0.05, 0.1) is 31.7 Å². The molecular weight excluding hydrogens is 420 g/mol. The van der Waals surface area contributed by atoms with Gasteiger partial charge in [-0.3, -0.25) is 9.59 Å². The van der Waals surface area contributed by atoms with E-state index >= 15 is 0 Å². The zero-order chi connectivity index (χ0) is 24.3. The van der Waals surface area contributed by atoms with Crippen LogP contribution < -0.4 is 0 Å². The van der Waals surface area contributed by atoms with Gasteiger partial charge in [-0.25, -0.2) is 0 Å². The summed E-state index contributed by atoms with van der Waals surface area (Å²) in [6.07, 6.45) is -3.29. The van der Waals surface area contributed by atoms with E-state index < -0.39 is 52.7 Å². The molecule has 3 heterocycles. The van der Waals surface area contributed by atoms with Gasteiger partial charge in [-0.1, -0.05) is 27.7 Å². The molecule has 9 heteroatoms. The van der Waals surface area contributed by atoms with E-state index in [4.69, 9.17) is 33.2 Å². The summed E-state index contributed by atoms with van der Waals surface area (Å²) in [7, 11) is 2.74. The van der Waals surface area contributed by atoms with Gasteiger partial charge in [-0.05, 0) is 27.7 Å². The lowest BCUT2D eigenvalue weighted by Gasteiger charge is -2.47. The van der Waals surface area contributed by atoms with Crippen molar-refractivity contribution >= 4 is 11.9 Å². The van der Waals surface area contributed by atoms with Gasteiger partial charge in [0.15, 0.2) is 18.9 Å². The SMILES string of the molecule is COC(=O)C(C)(C)C(C)(C)C1OCC2OC3OC(C(C)(C)C(C)(C)C(=O)OC)OC3C2O1. The Morgan fingerprint density at radius 1 is 0.688 bits per heavy atom. The van der Waals surface area contributed by atoms with Crippen LogP contribution in [-0.2, 0) is 42.7 Å². The first kappa shape index (κ1) is 25.4. The molecule has 6 atom stereocenters. The molecule has 0 spiro atoms. The molecule has 0 saturated carbocycles. The molecule has 3 fully saturated rings. The van der Waals surface area contributed by atoms with Crippen LogP contribution in [0.5, 0.6) is 0 Å². The van der Waals surface area contributed by atoms with E-state index in [9.17, 15) is 9.59 Å². The lowest BCUT2D eigenvalue weighted by molar-refractivity contribution is -0.315. The third-order valence-electron chi connectivity index (χ3n) is 8.29. The van der Waals surface area contributed by atoms with Crippen molar-refractivity contribution in [1.82, 2.24) is 0 Å². The molecule has 0 amide bonds. The number of methoxy groups -OCH3 is 2. The van der Waals surface area contributed by atoms with Gasteiger partial charge in [-0.15, -0.1) is 0 Å². The molecule has 3 aliphatic heterocycles. The molecule has 9 nitrogen and oxygen atoms in total. The Kier molecular flexibility index (Phi) is 6.50. The molecule has 0 aromatic carbocycles. The van der Waals surface area contributed by atoms with Gasteiger partial charge in [0.2, 0.25) is 0 Å². The van der Waals surface area contributed by atoms with E-state index in [0.29, 0.717) is 0 Å². The predicted octanol–water partition coefficient (Wildman–Crippen LogP) is 2.65. The number of hydrogen-bond acceptors (Lipinski definition) is 9. The molecule has 32 heavy (non-hydrogen) atoms. The maximum atomic E-state index is 12.4. The molecule has 0 aromatic heterocycles. The Morgan fingerprint density at radius 3 is 1.66 bits per heavy atom. The van der Waals surface area contributed by atoms with Crippen molar-refractivity contribution in [1.29, 1.82) is 0 Å². The predicted molar refractivity (Wildman–Crippen MR) is 112 cm³/mol. The fourth-order valence-corrected chi connectivity index (χ4v) is 4.25. The van der Waals surface area contributed by atoms with Gasteiger partial charge in [0.1, 0.15) is 18.3 Å². The van der Waals surface area contributed by atoms with Gasteiger partial charge in [0, 0.05) is 10.8 Å². The summed E-state index contributed by atoms with van der Waals surface area (Å²) >= 11 is 0. The highest BCUT2D eigenvalue weighted by Gasteiger charge is 2.62. The van der Waals surface area contributed by atoms with Crippen LogP contribution in [0.4, 0.5) is 0 Å². The van der Waals surface area contributed by atoms with Crippen LogP contribution in [0, 0.1) is 21.7 Å². The molecule has 3 rings (SSSR count). The molecule has 3 aliphatic rings. The lowest BCUT2D eigenvalue weighted by Crippen LogP contribution is -2.56. The van der Waals surface area contributed by atoms with Crippen LogP contribution in [0.1, 0.15) is 55.4 Å². The van der Waals surface area contributed by atoms with Gasteiger partial charge in [0.25, 0.3) is 0 Å². The Balaban J connectivity index is 1.77. The third kappa shape index (κ3) is 3.66. The number of ether oxygens (including phenoxy) is 7. The zero-order valence-electron chi connectivity index (χ0n) is 20.8. The summed E-state index contributed by atoms with van der Waals surface area (Å²) in [5, 5.41) is 0. The number of carbonyl (C=O) groups is 2. The summed E-state index contributed by atoms with van der Waals surface area (Å²) < 4.78 is 40.7. The van der Waals surface area contributed by atoms with Gasteiger partial charge >= 0.3 is 11.9 Å². The average Bonchev–Trinajstić information content (AvgIpc) is 3.30. The summed E-state index contributed by atoms with van der Waals surface area (Å²) in [5.74, 6) is -0.690. The third-order valence-corrected chi connectivity index (χ3v) is 8.29. The Morgan fingerprint density at radius 2 is 1.16 bits per heavy atom. The minimum absolute atomic E-state index is 0.289. The van der Waals surface area contributed by atoms with Crippen molar-refractivity contribution in [3.8, 4) is 0 Å². The van der Waals surface area contributed by atoms with Gasteiger partial charge in [-0.2, -0.15) is 0 Å². The molecule has 3 saturated heterocycles. The van der Waals surface area contributed by atoms with E-state index in [1.165, 1.54) is 14.2 Å². The number of esters is 2. The van der Waals surface area contributed by atoms with Gasteiger partial charge < -0.3 is 33.2 Å². The first-order valence-corrected chi connectivity index (χ1v) is 11.0. The highest BCUT2D eigenvalue weighted by molar-refractivity contribution is 5.77. The van der Waals surface area contributed by atoms with E-state index in [2.05, 4.69) is 0 Å². The van der Waals surface area contributed by atoms with Crippen molar-refractivity contribution in [2.24, 2.45) is 21.7 Å². The summed E-state index contributed by atoms with van der Waals surface area (Å²) in [5.41, 5.74) is -3.13. The van der Waals surface area contributed by atoms with E-state index in [1.807, 2.05) is 55.4 Å². The maximum Gasteiger partial charge on any atom is 0.311 e. The quantitative estimate of drug-likeness (QED) is 0.556. The first-order chi connectivity index (χ1) is 14.6. The fraction of sp³-hybridized carbons (Fsp3) is 0.913. The number of fused-ring (bicyclic) bond motifs is 3. The second-order valence-corrected chi connectivity index (χ2v) is 11.1. The molecule has 0 N–H and O–H groups in total. The Labute approximate surface area is 190 Å². The normalized spacial score (nSPS) is 33.4. The largest absolute Gasteiger partial charge is 0.469 e. The van der Waals surface area contributed by atoms with Crippen molar-refractivity contribution in [2.45, 2.75) is 92.6 Å². The highest BCUT2D eigenvalue weighted by Crippen LogP contribution is 2.51. The minimum Gasteiger partial charge on any atom is -0.469 e. The summed E-state index contributed by atoms with van der Waals surface area (Å²) in [6.45, 7) is 15.2. The zero-order valence-corrected chi connectivity index (χ0v) is 20.8. The summed E-state index contributed by atoms with van der Waals surface area (Å²) in [6, 6.07) is 0. The topological polar surface area (TPSA) is 98.8 Å². The monoisotopic (exact) mass is 458 g/mol. The van der Waals surface area contributed by atoms with Crippen LogP contribution in [0.2, 0.25) is 0 Å². The molecule has 184 valence electrons. The van der Waals surface area contributed by atoms with Crippen LogP contribution in [0.3, 0.4) is 0 Å². The van der Waals surface area contributed by atoms with Crippen LogP contribution in [0.15, 0.2) is 0 Å². The van der Waals surface area contributed by atoms with E-state index in [-0.39, 0.29) is 24.6 Å². The smallest absolute Gasteiger partial charge is 0.311 e. The van der Waals surface area contributed by atoms with E-state index in [0.717, 1.165) is 0 Å². The fourth-order valence-electron chi connectivity index (χ4n) is 4.25. The molecule has 0 radical (unpaired) electrons. The van der Waals surface area contributed by atoms with Crippen molar-refractivity contribution in [3.05, 3.63) is 0 Å². The second-order valence-electron chi connectivity index (χ2n) is 11.1. The second kappa shape index (κ2) is 8.20. The van der Waals surface area contributed by atoms with Crippen molar-refractivity contribution < 1.29 is 42.7 Å². The molecular formula is C23H38O9. The number of rotatable bonds is 6. The van der Waals surface area contributed by atoms with Crippen molar-refractivity contribution in [3.63, 3.8) is 0 Å². The molecule has 0 aromatic rings. The Bertz CT molecular complexity index is 742. The standard InChI is InChI=1S/C23H38O9/c1-20(2,16(24)26-9)22(5,6)18-28-11-12-13(30-18)14-15(29-12)32-19(31-14)23(7,8)21(3,4)17(25)27-10/h12-15,18-19H,11H2,1-10H3. The first-order valence-electron chi connectivity index (χ1n) is 11.0. The summed E-state index contributed by atoms with van der Waals surface area (Å²) in [4.78, 5) is 24.8. The number of carbonyl (C=O) groups excluding carboxylic acids is 2. The maximum absolute atomic E-state index is 12.4. The number of hydrogen-bond donors (Lipinski definition) is 0. The van der Waals surface area contributed by atoms with Crippen LogP contribution in [0.25, 0.3) is 0 Å². The van der Waals surface area contributed by atoms with Crippen LogP contribution in [-0.4, -0.2) is 69.9 Å². The molecule has 0 bridgehead atoms. The lowest BCUT2D eigenvalue weighted by atomic mass is 9.67. The Hall–Kier alpha value is -1.26. The molecule has 6 unspecified atom stereocenters. The van der Waals surface area contributed by atoms with Crippen molar-refractivity contribution in [2.75, 3.05) is 20.8 Å². The average molecular weight is 459 g/mol. The van der Waals surface area contributed by atoms with E-state index in [1.54, 1.807) is 0 Å². The molecule has 0 aliphatic carbocycles.